The second kappa shape index (κ2) is 19.0. The van der Waals surface area contributed by atoms with Crippen LogP contribution in [0.3, 0.4) is 0 Å². The lowest BCUT2D eigenvalue weighted by Crippen LogP contribution is -2.46. The smallest absolute Gasteiger partial charge is 0.108 e. The molecule has 0 aromatic rings. The van der Waals surface area contributed by atoms with Gasteiger partial charge in [0.25, 0.3) is 0 Å². The van der Waals surface area contributed by atoms with Gasteiger partial charge in [0.15, 0.2) is 0 Å². The molecule has 33 heavy (non-hydrogen) atoms. The Labute approximate surface area is 206 Å². The molecule has 2 fully saturated rings. The normalized spacial score (nSPS) is 26.6. The molecule has 5 heteroatoms. The van der Waals surface area contributed by atoms with Crippen molar-refractivity contribution in [1.29, 1.82) is 0 Å². The summed E-state index contributed by atoms with van der Waals surface area (Å²) < 4.78 is 13.4. The van der Waals surface area contributed by atoms with Gasteiger partial charge in [-0.15, -0.1) is 0 Å². The third kappa shape index (κ3) is 16.1. The van der Waals surface area contributed by atoms with Gasteiger partial charge < -0.3 is 21.5 Å². The molecule has 200 valence electrons. The fraction of sp³-hybridized carbons (Fsp3) is 1.00. The zero-order chi connectivity index (χ0) is 25.3. The van der Waals surface area contributed by atoms with Crippen LogP contribution in [0.5, 0.6) is 0 Å². The SMILES string of the molecule is CC1CCCC(C2CCC(N)CC2)N1.CCCC(CCC)C(C)(C)F.CNCC(C)CCO. The highest BCUT2D eigenvalue weighted by molar-refractivity contribution is 4.87. The third-order valence-electron chi connectivity index (χ3n) is 7.46. The lowest BCUT2D eigenvalue weighted by Gasteiger charge is -2.37. The monoisotopic (exact) mass is 473 g/mol. The summed E-state index contributed by atoms with van der Waals surface area (Å²) in [5.41, 5.74) is 4.95. The molecule has 4 nitrogen and oxygen atoms in total. The van der Waals surface area contributed by atoms with Crippen LogP contribution in [0.4, 0.5) is 4.39 Å². The number of nitrogens with two attached hydrogens (primary N) is 1. The minimum absolute atomic E-state index is 0.262. The molecule has 0 aromatic carbocycles. The van der Waals surface area contributed by atoms with Crippen LogP contribution in [-0.2, 0) is 0 Å². The van der Waals surface area contributed by atoms with Crippen molar-refractivity contribution in [2.45, 2.75) is 142 Å². The Morgan fingerprint density at radius 2 is 1.61 bits per heavy atom. The topological polar surface area (TPSA) is 70.3 Å². The first kappa shape index (κ1) is 32.8. The number of nitrogens with one attached hydrogen (secondary N) is 2. The Kier molecular flexibility index (Phi) is 18.9. The minimum atomic E-state index is -0.980. The molecule has 5 N–H and O–H groups in total. The van der Waals surface area contributed by atoms with Crippen LogP contribution in [0, 0.1) is 17.8 Å². The average Bonchev–Trinajstić information content (AvgIpc) is 2.75. The van der Waals surface area contributed by atoms with Crippen molar-refractivity contribution >= 4 is 0 Å². The van der Waals surface area contributed by atoms with Crippen molar-refractivity contribution in [3.05, 3.63) is 0 Å². The number of halogens is 1. The predicted molar refractivity (Wildman–Crippen MR) is 143 cm³/mol. The van der Waals surface area contributed by atoms with Gasteiger partial charge in [0, 0.05) is 24.7 Å². The second-order valence-electron chi connectivity index (χ2n) is 11.3. The van der Waals surface area contributed by atoms with Crippen molar-refractivity contribution in [2.75, 3.05) is 20.2 Å². The van der Waals surface area contributed by atoms with Crippen molar-refractivity contribution in [3.8, 4) is 0 Å². The number of piperidine rings is 1. The van der Waals surface area contributed by atoms with Crippen molar-refractivity contribution in [2.24, 2.45) is 23.5 Å². The molecule has 1 aliphatic carbocycles. The Hall–Kier alpha value is -0.230. The van der Waals surface area contributed by atoms with Crippen LogP contribution in [0.25, 0.3) is 0 Å². The van der Waals surface area contributed by atoms with Crippen molar-refractivity contribution < 1.29 is 9.50 Å². The minimum Gasteiger partial charge on any atom is -0.396 e. The molecule has 0 spiro atoms. The Morgan fingerprint density at radius 3 is 2.03 bits per heavy atom. The van der Waals surface area contributed by atoms with E-state index in [9.17, 15) is 4.39 Å². The predicted octanol–water partition coefficient (Wildman–Crippen LogP) is 6.21. The highest BCUT2D eigenvalue weighted by Crippen LogP contribution is 2.31. The lowest BCUT2D eigenvalue weighted by atomic mass is 9.78. The third-order valence-corrected chi connectivity index (χ3v) is 7.46. The number of rotatable bonds is 10. The van der Waals surface area contributed by atoms with Gasteiger partial charge in [-0.05, 0) is 110 Å². The van der Waals surface area contributed by atoms with Gasteiger partial charge in [0.1, 0.15) is 5.67 Å². The van der Waals surface area contributed by atoms with Crippen LogP contribution in [0.2, 0.25) is 0 Å². The summed E-state index contributed by atoms with van der Waals surface area (Å²) >= 11 is 0. The van der Waals surface area contributed by atoms with Gasteiger partial charge in [-0.2, -0.15) is 0 Å². The average molecular weight is 474 g/mol. The van der Waals surface area contributed by atoms with Gasteiger partial charge in [-0.1, -0.05) is 40.0 Å². The van der Waals surface area contributed by atoms with Gasteiger partial charge in [-0.3, -0.25) is 0 Å². The molecule has 1 saturated carbocycles. The number of hydrogen-bond donors (Lipinski definition) is 4. The first-order valence-corrected chi connectivity index (χ1v) is 14.0. The molecule has 0 aromatic heterocycles. The zero-order valence-electron chi connectivity index (χ0n) is 23.3. The molecule has 2 aliphatic rings. The number of alkyl halides is 1. The first-order valence-electron chi connectivity index (χ1n) is 14.0. The first-order chi connectivity index (χ1) is 15.6. The summed E-state index contributed by atoms with van der Waals surface area (Å²) in [5.74, 6) is 1.78. The summed E-state index contributed by atoms with van der Waals surface area (Å²) in [6.07, 6.45) is 14.5. The highest BCUT2D eigenvalue weighted by atomic mass is 19.1. The van der Waals surface area contributed by atoms with Crippen LogP contribution >= 0.6 is 0 Å². The van der Waals surface area contributed by atoms with Gasteiger partial charge in [-0.25, -0.2) is 4.39 Å². The summed E-state index contributed by atoms with van der Waals surface area (Å²) in [6.45, 7) is 13.4. The summed E-state index contributed by atoms with van der Waals surface area (Å²) in [6, 6.07) is 2.03. The molecule has 1 saturated heterocycles. The van der Waals surface area contributed by atoms with Crippen LogP contribution in [0.1, 0.15) is 119 Å². The Morgan fingerprint density at radius 1 is 1.03 bits per heavy atom. The van der Waals surface area contributed by atoms with Crippen molar-refractivity contribution in [3.63, 3.8) is 0 Å². The van der Waals surface area contributed by atoms with Gasteiger partial charge in [0.05, 0.1) is 0 Å². The standard InChI is InChI=1S/C12H24N2.C10H21F.C6H15NO/c1-9-3-2-4-12(14-9)10-5-7-11(13)8-6-10;1-5-7-9(8-6-2)10(3,4)11;1-6(3-4-8)5-7-2/h9-12,14H,2-8,13H2,1H3;9H,5-8H2,1-4H3;6-8H,3-5H2,1-2H3. The largest absolute Gasteiger partial charge is 0.396 e. The molecular weight excluding hydrogens is 413 g/mol. The van der Waals surface area contributed by atoms with E-state index in [0.29, 0.717) is 18.6 Å². The van der Waals surface area contributed by atoms with Crippen LogP contribution in [-0.4, -0.2) is 49.1 Å². The molecule has 2 rings (SSSR count). The maximum atomic E-state index is 13.4. The fourth-order valence-corrected chi connectivity index (χ4v) is 5.29. The number of aliphatic hydroxyl groups is 1. The molecular formula is C28H60FN3O. The lowest BCUT2D eigenvalue weighted by molar-refractivity contribution is 0.109. The molecule has 1 heterocycles. The molecule has 0 amide bonds. The molecule has 0 radical (unpaired) electrons. The van der Waals surface area contributed by atoms with Crippen LogP contribution < -0.4 is 16.4 Å². The van der Waals surface area contributed by atoms with E-state index in [0.717, 1.165) is 56.7 Å². The highest BCUT2D eigenvalue weighted by Gasteiger charge is 2.29. The molecule has 3 unspecified atom stereocenters. The summed E-state index contributed by atoms with van der Waals surface area (Å²) in [5, 5.41) is 15.2. The molecule has 1 aliphatic heterocycles. The van der Waals surface area contributed by atoms with E-state index in [4.69, 9.17) is 10.8 Å². The van der Waals surface area contributed by atoms with Gasteiger partial charge >= 0.3 is 0 Å². The van der Waals surface area contributed by atoms with E-state index >= 15 is 0 Å². The van der Waals surface area contributed by atoms with E-state index in [1.807, 2.05) is 7.05 Å². The van der Waals surface area contributed by atoms with E-state index in [-0.39, 0.29) is 5.92 Å². The van der Waals surface area contributed by atoms with E-state index in [1.165, 1.54) is 44.9 Å². The Balaban J connectivity index is 0.000000488. The Bertz CT molecular complexity index is 423. The van der Waals surface area contributed by atoms with E-state index in [2.05, 4.69) is 38.3 Å². The second-order valence-corrected chi connectivity index (χ2v) is 11.3. The van der Waals surface area contributed by atoms with Gasteiger partial charge in [0.2, 0.25) is 0 Å². The maximum Gasteiger partial charge on any atom is 0.108 e. The van der Waals surface area contributed by atoms with Crippen LogP contribution in [0.15, 0.2) is 0 Å². The van der Waals surface area contributed by atoms with Crippen molar-refractivity contribution in [1.82, 2.24) is 10.6 Å². The fourth-order valence-electron chi connectivity index (χ4n) is 5.29. The summed E-state index contributed by atoms with van der Waals surface area (Å²) in [7, 11) is 1.92. The quantitative estimate of drug-likeness (QED) is 0.304. The van der Waals surface area contributed by atoms with E-state index in [1.54, 1.807) is 13.8 Å². The maximum absolute atomic E-state index is 13.4. The molecule has 3 atom stereocenters. The van der Waals surface area contributed by atoms with E-state index < -0.39 is 5.67 Å². The molecule has 0 bridgehead atoms. The zero-order valence-corrected chi connectivity index (χ0v) is 23.3. The number of hydrogen-bond acceptors (Lipinski definition) is 4. The number of aliphatic hydroxyl groups excluding tert-OH is 1. The summed E-state index contributed by atoms with van der Waals surface area (Å²) in [4.78, 5) is 0.